The molecule has 0 bridgehead atoms. The zero-order chi connectivity index (χ0) is 14.3. The van der Waals surface area contributed by atoms with Crippen LogP contribution in [0.15, 0.2) is 22.7 Å². The first-order valence-electron chi connectivity index (χ1n) is 6.39. The molecule has 5 nitrogen and oxygen atoms in total. The van der Waals surface area contributed by atoms with E-state index in [2.05, 4.69) is 25.9 Å². The fourth-order valence-electron chi connectivity index (χ4n) is 2.33. The number of imidazole rings is 1. The number of hydrogen-bond donors (Lipinski definition) is 1. The standard InChI is InChI=1S/C14H15BrN4O/c1-3-20-7-11-18-12-13(19(11)2)9-5-4-8(15)6-10(9)17-14(12)16/h4-6H,3,7H2,1-2H3,(H2,16,17). The lowest BCUT2D eigenvalue weighted by atomic mass is 10.2. The molecular formula is C14H15BrN4O. The van der Waals surface area contributed by atoms with Crippen LogP contribution in [0, 0.1) is 0 Å². The van der Waals surface area contributed by atoms with Crippen molar-refractivity contribution in [1.29, 1.82) is 0 Å². The van der Waals surface area contributed by atoms with Crippen LogP contribution < -0.4 is 5.73 Å². The first-order chi connectivity index (χ1) is 9.61. The van der Waals surface area contributed by atoms with Crippen LogP contribution in [0.5, 0.6) is 0 Å². The topological polar surface area (TPSA) is 66.0 Å². The van der Waals surface area contributed by atoms with E-state index in [1.165, 1.54) is 0 Å². The third-order valence-corrected chi connectivity index (χ3v) is 3.81. The van der Waals surface area contributed by atoms with E-state index in [0.29, 0.717) is 19.0 Å². The molecule has 2 aromatic heterocycles. The van der Waals surface area contributed by atoms with Gasteiger partial charge < -0.3 is 15.0 Å². The van der Waals surface area contributed by atoms with Crippen molar-refractivity contribution < 1.29 is 4.74 Å². The Morgan fingerprint density at radius 1 is 1.35 bits per heavy atom. The number of rotatable bonds is 3. The summed E-state index contributed by atoms with van der Waals surface area (Å²) in [6.45, 7) is 3.09. The number of halogens is 1. The van der Waals surface area contributed by atoms with Crippen LogP contribution in [0.3, 0.4) is 0 Å². The lowest BCUT2D eigenvalue weighted by Gasteiger charge is -2.05. The second kappa shape index (κ2) is 5.03. The summed E-state index contributed by atoms with van der Waals surface area (Å²) in [5, 5.41) is 1.04. The predicted molar refractivity (Wildman–Crippen MR) is 83.5 cm³/mol. The Kier molecular flexibility index (Phi) is 3.35. The SMILES string of the molecule is CCOCc1nc2c(N)nc3cc(Br)ccc3c2n1C. The van der Waals surface area contributed by atoms with Gasteiger partial charge in [-0.1, -0.05) is 15.9 Å². The number of aryl methyl sites for hydroxylation is 1. The number of benzene rings is 1. The average molecular weight is 335 g/mol. The zero-order valence-corrected chi connectivity index (χ0v) is 12.9. The minimum atomic E-state index is 0.448. The van der Waals surface area contributed by atoms with Crippen LogP contribution in [0.4, 0.5) is 5.82 Å². The van der Waals surface area contributed by atoms with Gasteiger partial charge in [0.2, 0.25) is 0 Å². The van der Waals surface area contributed by atoms with Crippen molar-refractivity contribution in [3.63, 3.8) is 0 Å². The number of nitrogens with two attached hydrogens (primary N) is 1. The first kappa shape index (κ1) is 13.3. The predicted octanol–water partition coefficient (Wildman–Crippen LogP) is 3.00. The summed E-state index contributed by atoms with van der Waals surface area (Å²) >= 11 is 3.46. The maximum atomic E-state index is 6.04. The highest BCUT2D eigenvalue weighted by Crippen LogP contribution is 2.29. The van der Waals surface area contributed by atoms with Gasteiger partial charge in [0.1, 0.15) is 17.9 Å². The van der Waals surface area contributed by atoms with Gasteiger partial charge in [0.05, 0.1) is 11.0 Å². The summed E-state index contributed by atoms with van der Waals surface area (Å²) in [5.41, 5.74) is 8.63. The third kappa shape index (κ3) is 2.05. The van der Waals surface area contributed by atoms with E-state index in [4.69, 9.17) is 10.5 Å². The van der Waals surface area contributed by atoms with Crippen LogP contribution in [0.25, 0.3) is 21.9 Å². The zero-order valence-electron chi connectivity index (χ0n) is 11.4. The van der Waals surface area contributed by atoms with Gasteiger partial charge in [-0.25, -0.2) is 9.97 Å². The minimum absolute atomic E-state index is 0.448. The molecule has 0 saturated heterocycles. The summed E-state index contributed by atoms with van der Waals surface area (Å²) < 4.78 is 8.46. The molecule has 0 fully saturated rings. The largest absolute Gasteiger partial charge is 0.382 e. The second-order valence-electron chi connectivity index (χ2n) is 4.58. The van der Waals surface area contributed by atoms with E-state index in [-0.39, 0.29) is 0 Å². The molecule has 0 aliphatic heterocycles. The van der Waals surface area contributed by atoms with E-state index >= 15 is 0 Å². The summed E-state index contributed by atoms with van der Waals surface area (Å²) in [7, 11) is 1.98. The van der Waals surface area contributed by atoms with E-state index in [0.717, 1.165) is 32.2 Å². The summed E-state index contributed by atoms with van der Waals surface area (Å²) in [6, 6.07) is 5.98. The molecule has 2 heterocycles. The number of fused-ring (bicyclic) bond motifs is 3. The Bertz CT molecular complexity index is 797. The molecule has 3 rings (SSSR count). The number of ether oxygens (including phenoxy) is 1. The Morgan fingerprint density at radius 3 is 2.90 bits per heavy atom. The van der Waals surface area contributed by atoms with Crippen molar-refractivity contribution in [3.05, 3.63) is 28.5 Å². The van der Waals surface area contributed by atoms with Gasteiger partial charge in [-0.2, -0.15) is 0 Å². The number of aromatic nitrogens is 3. The molecule has 0 aliphatic carbocycles. The molecule has 104 valence electrons. The highest BCUT2D eigenvalue weighted by atomic mass is 79.9. The summed E-state index contributed by atoms with van der Waals surface area (Å²) in [5.74, 6) is 1.30. The van der Waals surface area contributed by atoms with Crippen LogP contribution in [0.1, 0.15) is 12.7 Å². The van der Waals surface area contributed by atoms with Crippen molar-refractivity contribution in [2.45, 2.75) is 13.5 Å². The third-order valence-electron chi connectivity index (χ3n) is 3.32. The Morgan fingerprint density at radius 2 is 2.15 bits per heavy atom. The first-order valence-corrected chi connectivity index (χ1v) is 7.19. The lowest BCUT2D eigenvalue weighted by Crippen LogP contribution is -2.01. The molecule has 0 amide bonds. The van der Waals surface area contributed by atoms with Gasteiger partial charge in [-0.05, 0) is 25.1 Å². The molecule has 0 saturated carbocycles. The van der Waals surface area contributed by atoms with E-state index in [1.54, 1.807) is 0 Å². The molecule has 0 atom stereocenters. The van der Waals surface area contributed by atoms with Crippen molar-refractivity contribution >= 4 is 43.7 Å². The highest BCUT2D eigenvalue weighted by molar-refractivity contribution is 9.10. The summed E-state index contributed by atoms with van der Waals surface area (Å²) in [4.78, 5) is 8.99. The maximum Gasteiger partial charge on any atom is 0.152 e. The molecule has 20 heavy (non-hydrogen) atoms. The van der Waals surface area contributed by atoms with Crippen molar-refractivity contribution in [3.8, 4) is 0 Å². The average Bonchev–Trinajstić information content (AvgIpc) is 2.75. The van der Waals surface area contributed by atoms with E-state index in [9.17, 15) is 0 Å². The molecule has 0 aliphatic rings. The van der Waals surface area contributed by atoms with Gasteiger partial charge in [-0.3, -0.25) is 0 Å². The van der Waals surface area contributed by atoms with Crippen molar-refractivity contribution in [2.75, 3.05) is 12.3 Å². The van der Waals surface area contributed by atoms with E-state index < -0.39 is 0 Å². The number of nitrogens with zero attached hydrogens (tertiary/aromatic N) is 3. The van der Waals surface area contributed by atoms with Gasteiger partial charge >= 0.3 is 0 Å². The molecule has 2 N–H and O–H groups in total. The number of nitrogen functional groups attached to an aromatic ring is 1. The number of hydrogen-bond acceptors (Lipinski definition) is 4. The highest BCUT2D eigenvalue weighted by Gasteiger charge is 2.15. The normalized spacial score (nSPS) is 11.6. The quantitative estimate of drug-likeness (QED) is 0.799. The molecule has 0 radical (unpaired) electrons. The van der Waals surface area contributed by atoms with Gasteiger partial charge in [0.25, 0.3) is 0 Å². The smallest absolute Gasteiger partial charge is 0.152 e. The Balaban J connectivity index is 2.33. The number of pyridine rings is 1. The number of anilines is 1. The molecule has 0 spiro atoms. The van der Waals surface area contributed by atoms with Gasteiger partial charge in [0, 0.05) is 23.5 Å². The van der Waals surface area contributed by atoms with Crippen LogP contribution >= 0.6 is 15.9 Å². The van der Waals surface area contributed by atoms with Crippen LogP contribution in [0.2, 0.25) is 0 Å². The fraction of sp³-hybridized carbons (Fsp3) is 0.286. The van der Waals surface area contributed by atoms with Gasteiger partial charge in [-0.15, -0.1) is 0 Å². The summed E-state index contributed by atoms with van der Waals surface area (Å²) in [6.07, 6.45) is 0. The minimum Gasteiger partial charge on any atom is -0.382 e. The van der Waals surface area contributed by atoms with Crippen LogP contribution in [-0.2, 0) is 18.4 Å². The van der Waals surface area contributed by atoms with E-state index in [1.807, 2.05) is 36.7 Å². The second-order valence-corrected chi connectivity index (χ2v) is 5.50. The molecule has 0 unspecified atom stereocenters. The monoisotopic (exact) mass is 334 g/mol. The molecule has 3 aromatic rings. The Hall–Kier alpha value is -1.66. The fourth-order valence-corrected chi connectivity index (χ4v) is 2.68. The van der Waals surface area contributed by atoms with Crippen molar-refractivity contribution in [2.24, 2.45) is 7.05 Å². The molecule has 6 heteroatoms. The Labute approximate surface area is 124 Å². The molecular weight excluding hydrogens is 320 g/mol. The maximum absolute atomic E-state index is 6.04. The van der Waals surface area contributed by atoms with Gasteiger partial charge in [0.15, 0.2) is 5.82 Å². The lowest BCUT2D eigenvalue weighted by molar-refractivity contribution is 0.126. The van der Waals surface area contributed by atoms with Crippen LogP contribution in [-0.4, -0.2) is 21.1 Å². The molecule has 1 aromatic carbocycles. The van der Waals surface area contributed by atoms with Crippen molar-refractivity contribution in [1.82, 2.24) is 14.5 Å².